The molecule has 2 aromatic heterocycles. The number of nitrogen functional groups attached to an aromatic ring is 1. The van der Waals surface area contributed by atoms with Gasteiger partial charge in [-0.1, -0.05) is 53.3 Å². The molecule has 1 atom stereocenters. The zero-order valence-electron chi connectivity index (χ0n) is 23.5. The highest BCUT2D eigenvalue weighted by Gasteiger charge is 2.23. The van der Waals surface area contributed by atoms with E-state index in [-0.39, 0.29) is 22.2 Å². The van der Waals surface area contributed by atoms with Crippen LogP contribution in [0.5, 0.6) is 11.5 Å². The number of halogens is 3. The van der Waals surface area contributed by atoms with E-state index in [4.69, 9.17) is 31.8 Å². The lowest BCUT2D eigenvalue weighted by Gasteiger charge is -2.22. The first-order valence-electron chi connectivity index (χ1n) is 13.6. The molecular weight excluding hydrogens is 578 g/mol. The molecule has 0 saturated heterocycles. The monoisotopic (exact) mass is 608 g/mol. The van der Waals surface area contributed by atoms with Gasteiger partial charge in [-0.05, 0) is 67.8 Å². The van der Waals surface area contributed by atoms with Gasteiger partial charge in [-0.15, -0.1) is 0 Å². The Morgan fingerprint density at radius 3 is 2.57 bits per heavy atom. The van der Waals surface area contributed by atoms with Gasteiger partial charge < -0.3 is 20.5 Å². The summed E-state index contributed by atoms with van der Waals surface area (Å²) in [4.78, 5) is 9.28. The third-order valence-electron chi connectivity index (χ3n) is 6.99. The van der Waals surface area contributed by atoms with Crippen LogP contribution in [-0.2, 0) is 6.42 Å². The SMILES string of the molecule is CCOc1c(C)cc(C(CNCCc2cc(OC)c3nc(N)sc3c2)c2ccccc2)nc1-c1cc(Cl)c(F)cc1F. The quantitative estimate of drug-likeness (QED) is 0.119. The Hall–Kier alpha value is -3.79. The Morgan fingerprint density at radius 1 is 1.05 bits per heavy atom. The number of aromatic nitrogens is 2. The molecular formula is C32H31ClF2N4O2S. The van der Waals surface area contributed by atoms with Crippen LogP contribution in [0.15, 0.2) is 60.7 Å². The Labute approximate surface area is 252 Å². The molecule has 1 unspecified atom stereocenters. The van der Waals surface area contributed by atoms with Crippen molar-refractivity contribution in [3.05, 3.63) is 99.7 Å². The summed E-state index contributed by atoms with van der Waals surface area (Å²) in [6.45, 7) is 5.37. The van der Waals surface area contributed by atoms with Crippen LogP contribution in [0.3, 0.4) is 0 Å². The van der Waals surface area contributed by atoms with Gasteiger partial charge in [0.2, 0.25) is 0 Å². The van der Waals surface area contributed by atoms with E-state index in [1.54, 1.807) is 7.11 Å². The molecule has 0 bridgehead atoms. The summed E-state index contributed by atoms with van der Waals surface area (Å²) in [5, 5.41) is 3.89. The number of fused-ring (bicyclic) bond motifs is 1. The van der Waals surface area contributed by atoms with Gasteiger partial charge in [0.25, 0.3) is 0 Å². The van der Waals surface area contributed by atoms with Gasteiger partial charge in [0.1, 0.15) is 34.3 Å². The molecule has 0 fully saturated rings. The summed E-state index contributed by atoms with van der Waals surface area (Å²) >= 11 is 7.49. The fourth-order valence-corrected chi connectivity index (χ4v) is 5.98. The van der Waals surface area contributed by atoms with Gasteiger partial charge in [0.05, 0.1) is 29.1 Å². The molecule has 218 valence electrons. The molecule has 3 aromatic carbocycles. The number of pyridine rings is 1. The Morgan fingerprint density at radius 2 is 1.83 bits per heavy atom. The molecule has 10 heteroatoms. The van der Waals surface area contributed by atoms with Crippen LogP contribution < -0.4 is 20.5 Å². The van der Waals surface area contributed by atoms with Crippen molar-refractivity contribution in [2.24, 2.45) is 0 Å². The molecule has 0 aliphatic rings. The Balaban J connectivity index is 1.45. The van der Waals surface area contributed by atoms with Crippen molar-refractivity contribution in [2.75, 3.05) is 32.5 Å². The summed E-state index contributed by atoms with van der Waals surface area (Å²) in [5.74, 6) is -0.600. The number of nitrogens with two attached hydrogens (primary N) is 1. The number of thiazole rings is 1. The summed E-state index contributed by atoms with van der Waals surface area (Å²) in [6, 6.07) is 18.1. The van der Waals surface area contributed by atoms with Crippen LogP contribution in [0.1, 0.15) is 35.2 Å². The fraction of sp³-hybridized carbons (Fsp3) is 0.250. The minimum Gasteiger partial charge on any atom is -0.494 e. The number of benzene rings is 3. The molecule has 0 spiro atoms. The first-order chi connectivity index (χ1) is 20.3. The number of ether oxygens (including phenoxy) is 2. The lowest BCUT2D eigenvalue weighted by Crippen LogP contribution is -2.25. The van der Waals surface area contributed by atoms with Crippen LogP contribution in [-0.4, -0.2) is 36.8 Å². The molecule has 0 amide bonds. The minimum absolute atomic E-state index is 0.0858. The van der Waals surface area contributed by atoms with Gasteiger partial charge in [0, 0.05) is 24.1 Å². The van der Waals surface area contributed by atoms with Crippen molar-refractivity contribution in [1.29, 1.82) is 0 Å². The van der Waals surface area contributed by atoms with E-state index in [2.05, 4.69) is 16.4 Å². The fourth-order valence-electron chi connectivity index (χ4n) is 5.01. The van der Waals surface area contributed by atoms with Gasteiger partial charge >= 0.3 is 0 Å². The van der Waals surface area contributed by atoms with E-state index in [0.29, 0.717) is 36.3 Å². The number of nitrogens with one attached hydrogen (secondary N) is 1. The van der Waals surface area contributed by atoms with Crippen molar-refractivity contribution in [2.45, 2.75) is 26.2 Å². The standard InChI is InChI=1S/C32H31ClF2N4O2S/c1-4-41-31-18(2)12-26(38-29(31)21-15-23(33)25(35)16-24(21)34)22(20-8-6-5-7-9-20)17-37-11-10-19-13-27(40-3)30-28(14-19)42-32(36)39-30/h5-9,12-16,22,37H,4,10-11,17H2,1-3H3,(H2,36,39). The number of aryl methyl sites for hydroxylation is 1. The highest BCUT2D eigenvalue weighted by Crippen LogP contribution is 2.38. The Kier molecular flexibility index (Phi) is 9.21. The second kappa shape index (κ2) is 13.0. The average molecular weight is 609 g/mol. The average Bonchev–Trinajstić information content (AvgIpc) is 3.36. The second-order valence-corrected chi connectivity index (χ2v) is 11.3. The molecule has 2 heterocycles. The molecule has 5 rings (SSSR count). The highest BCUT2D eigenvalue weighted by molar-refractivity contribution is 7.22. The number of hydrogen-bond donors (Lipinski definition) is 2. The van der Waals surface area contributed by atoms with Crippen LogP contribution in [0.25, 0.3) is 21.5 Å². The van der Waals surface area contributed by atoms with E-state index >= 15 is 4.39 Å². The van der Waals surface area contributed by atoms with E-state index in [9.17, 15) is 4.39 Å². The second-order valence-electron chi connectivity index (χ2n) is 9.84. The first-order valence-corrected chi connectivity index (χ1v) is 14.8. The highest BCUT2D eigenvalue weighted by atomic mass is 35.5. The van der Waals surface area contributed by atoms with Gasteiger partial charge in [-0.3, -0.25) is 0 Å². The molecule has 0 radical (unpaired) electrons. The van der Waals surface area contributed by atoms with Crippen molar-refractivity contribution < 1.29 is 18.3 Å². The lowest BCUT2D eigenvalue weighted by molar-refractivity contribution is 0.337. The van der Waals surface area contributed by atoms with Crippen LogP contribution in [0.4, 0.5) is 13.9 Å². The number of rotatable bonds is 11. The van der Waals surface area contributed by atoms with Gasteiger partial charge in [-0.2, -0.15) is 0 Å². The summed E-state index contributed by atoms with van der Waals surface area (Å²) < 4.78 is 41.5. The predicted octanol–water partition coefficient (Wildman–Crippen LogP) is 7.55. The number of nitrogens with zero attached hydrogens (tertiary/aromatic N) is 2. The summed E-state index contributed by atoms with van der Waals surface area (Å²) in [7, 11) is 1.63. The van der Waals surface area contributed by atoms with Gasteiger partial charge in [0.15, 0.2) is 5.13 Å². The van der Waals surface area contributed by atoms with Gasteiger partial charge in [-0.25, -0.2) is 18.7 Å². The zero-order chi connectivity index (χ0) is 29.8. The number of methoxy groups -OCH3 is 1. The molecule has 5 aromatic rings. The molecule has 3 N–H and O–H groups in total. The molecule has 6 nitrogen and oxygen atoms in total. The van der Waals surface area contributed by atoms with Crippen molar-refractivity contribution in [3.8, 4) is 22.8 Å². The van der Waals surface area contributed by atoms with Crippen LogP contribution >= 0.6 is 22.9 Å². The molecule has 0 aliphatic heterocycles. The van der Waals surface area contributed by atoms with Crippen molar-refractivity contribution in [1.82, 2.24) is 15.3 Å². The van der Waals surface area contributed by atoms with Crippen LogP contribution in [0, 0.1) is 18.6 Å². The molecule has 42 heavy (non-hydrogen) atoms. The number of anilines is 1. The largest absolute Gasteiger partial charge is 0.494 e. The lowest BCUT2D eigenvalue weighted by atomic mass is 9.93. The third kappa shape index (κ3) is 6.33. The maximum absolute atomic E-state index is 15.1. The maximum Gasteiger partial charge on any atom is 0.181 e. The zero-order valence-corrected chi connectivity index (χ0v) is 25.1. The molecule has 0 saturated carbocycles. The van der Waals surface area contributed by atoms with E-state index in [0.717, 1.165) is 45.1 Å². The Bertz CT molecular complexity index is 1710. The van der Waals surface area contributed by atoms with E-state index < -0.39 is 11.6 Å². The van der Waals surface area contributed by atoms with E-state index in [1.165, 1.54) is 17.4 Å². The predicted molar refractivity (Wildman–Crippen MR) is 166 cm³/mol. The summed E-state index contributed by atoms with van der Waals surface area (Å²) in [5.41, 5.74) is 10.7. The number of hydrogen-bond acceptors (Lipinski definition) is 7. The van der Waals surface area contributed by atoms with E-state index in [1.807, 2.05) is 56.3 Å². The normalized spacial score (nSPS) is 12.0. The maximum atomic E-state index is 15.1. The smallest absolute Gasteiger partial charge is 0.181 e. The van der Waals surface area contributed by atoms with Crippen molar-refractivity contribution in [3.63, 3.8) is 0 Å². The minimum atomic E-state index is -0.828. The topological polar surface area (TPSA) is 82.3 Å². The molecule has 0 aliphatic carbocycles. The summed E-state index contributed by atoms with van der Waals surface area (Å²) in [6.07, 6.45) is 0.756. The third-order valence-corrected chi connectivity index (χ3v) is 8.11. The first kappa shape index (κ1) is 29.7. The van der Waals surface area contributed by atoms with Crippen LogP contribution in [0.2, 0.25) is 5.02 Å². The van der Waals surface area contributed by atoms with Crippen molar-refractivity contribution >= 4 is 38.3 Å².